The van der Waals surface area contributed by atoms with Gasteiger partial charge in [0.2, 0.25) is 11.5 Å². The molecular formula is C19H21FN4O5. The number of benzene rings is 1. The fraction of sp³-hybridized carbons (Fsp3) is 0.421. The summed E-state index contributed by atoms with van der Waals surface area (Å²) in [5, 5.41) is 2.57. The summed E-state index contributed by atoms with van der Waals surface area (Å²) in [6.07, 6.45) is 3.17. The summed E-state index contributed by atoms with van der Waals surface area (Å²) in [6, 6.07) is 5.50. The molecule has 4 rings (SSSR count). The van der Waals surface area contributed by atoms with Crippen LogP contribution >= 0.6 is 0 Å². The van der Waals surface area contributed by atoms with Crippen molar-refractivity contribution in [3.8, 4) is 0 Å². The lowest BCUT2D eigenvalue weighted by atomic mass is 10.2. The first kappa shape index (κ1) is 19.3. The SMILES string of the molecule is O=C(Nc1ccccc1F)N1CCOC2(C1)CN(C(=O)c1cnco1)CCCO2. The molecule has 3 amide bonds. The summed E-state index contributed by atoms with van der Waals surface area (Å²) >= 11 is 0. The van der Waals surface area contributed by atoms with E-state index in [4.69, 9.17) is 13.9 Å². The molecule has 2 fully saturated rings. The topological polar surface area (TPSA) is 97.1 Å². The van der Waals surface area contributed by atoms with Crippen molar-refractivity contribution >= 4 is 17.6 Å². The van der Waals surface area contributed by atoms with E-state index < -0.39 is 17.6 Å². The normalized spacial score (nSPS) is 22.4. The van der Waals surface area contributed by atoms with E-state index in [1.54, 1.807) is 17.0 Å². The highest BCUT2D eigenvalue weighted by atomic mass is 19.1. The molecule has 29 heavy (non-hydrogen) atoms. The van der Waals surface area contributed by atoms with Crippen LogP contribution in [0, 0.1) is 5.82 Å². The molecule has 1 aromatic carbocycles. The molecule has 1 spiro atoms. The minimum atomic E-state index is -1.16. The fourth-order valence-electron chi connectivity index (χ4n) is 3.45. The van der Waals surface area contributed by atoms with Crippen LogP contribution in [0.4, 0.5) is 14.9 Å². The second-order valence-electron chi connectivity index (χ2n) is 6.89. The second-order valence-corrected chi connectivity index (χ2v) is 6.89. The van der Waals surface area contributed by atoms with Gasteiger partial charge in [-0.05, 0) is 18.6 Å². The third-order valence-corrected chi connectivity index (χ3v) is 4.86. The summed E-state index contributed by atoms with van der Waals surface area (Å²) in [6.45, 7) is 1.63. The van der Waals surface area contributed by atoms with E-state index in [1.807, 2.05) is 0 Å². The first-order valence-electron chi connectivity index (χ1n) is 9.32. The summed E-state index contributed by atoms with van der Waals surface area (Å²) in [4.78, 5) is 32.2. The predicted molar refractivity (Wildman–Crippen MR) is 98.7 cm³/mol. The maximum absolute atomic E-state index is 13.9. The number of urea groups is 1. The minimum Gasteiger partial charge on any atom is -0.438 e. The Bertz CT molecular complexity index is 877. The van der Waals surface area contributed by atoms with Crippen molar-refractivity contribution in [1.82, 2.24) is 14.8 Å². The van der Waals surface area contributed by atoms with Gasteiger partial charge in [-0.15, -0.1) is 0 Å². The van der Waals surface area contributed by atoms with Crippen LogP contribution in [-0.4, -0.2) is 71.9 Å². The van der Waals surface area contributed by atoms with Crippen LogP contribution in [0.5, 0.6) is 0 Å². The Balaban J connectivity index is 1.47. The van der Waals surface area contributed by atoms with Gasteiger partial charge in [0, 0.05) is 13.1 Å². The molecule has 1 atom stereocenters. The van der Waals surface area contributed by atoms with Crippen molar-refractivity contribution < 1.29 is 27.9 Å². The number of halogens is 1. The van der Waals surface area contributed by atoms with Crippen molar-refractivity contribution in [2.45, 2.75) is 12.2 Å². The van der Waals surface area contributed by atoms with Gasteiger partial charge in [-0.2, -0.15) is 0 Å². The van der Waals surface area contributed by atoms with Crippen LogP contribution in [0.2, 0.25) is 0 Å². The number of ether oxygens (including phenoxy) is 2. The van der Waals surface area contributed by atoms with Gasteiger partial charge in [-0.1, -0.05) is 12.1 Å². The number of para-hydroxylation sites is 1. The summed E-state index contributed by atoms with van der Waals surface area (Å²) in [5.41, 5.74) is 0.0990. The van der Waals surface area contributed by atoms with E-state index in [0.29, 0.717) is 26.1 Å². The number of anilines is 1. The molecule has 3 heterocycles. The number of morpholine rings is 1. The average molecular weight is 404 g/mol. The van der Waals surface area contributed by atoms with Gasteiger partial charge in [0.05, 0.1) is 38.2 Å². The highest BCUT2D eigenvalue weighted by molar-refractivity contribution is 5.91. The molecule has 1 aromatic heterocycles. The molecule has 0 radical (unpaired) electrons. The number of carbonyl (C=O) groups is 2. The number of nitrogens with one attached hydrogen (secondary N) is 1. The van der Waals surface area contributed by atoms with Crippen LogP contribution in [0.15, 0.2) is 41.3 Å². The maximum atomic E-state index is 13.9. The fourth-order valence-corrected chi connectivity index (χ4v) is 3.45. The van der Waals surface area contributed by atoms with E-state index in [9.17, 15) is 14.0 Å². The molecule has 2 saturated heterocycles. The van der Waals surface area contributed by atoms with Gasteiger partial charge in [0.15, 0.2) is 6.39 Å². The van der Waals surface area contributed by atoms with Crippen LogP contribution in [0.1, 0.15) is 17.0 Å². The highest BCUT2D eigenvalue weighted by Gasteiger charge is 2.43. The average Bonchev–Trinajstić information content (AvgIpc) is 3.19. The molecule has 1 N–H and O–H groups in total. The van der Waals surface area contributed by atoms with E-state index in [-0.39, 0.29) is 37.1 Å². The van der Waals surface area contributed by atoms with E-state index >= 15 is 0 Å². The zero-order valence-electron chi connectivity index (χ0n) is 15.7. The number of hydrogen-bond donors (Lipinski definition) is 1. The number of oxazole rings is 1. The van der Waals surface area contributed by atoms with Gasteiger partial charge in [-0.25, -0.2) is 14.2 Å². The van der Waals surface area contributed by atoms with E-state index in [2.05, 4.69) is 10.3 Å². The number of hydrogen-bond acceptors (Lipinski definition) is 6. The third-order valence-electron chi connectivity index (χ3n) is 4.86. The third kappa shape index (κ3) is 4.22. The molecule has 0 aliphatic carbocycles. The lowest BCUT2D eigenvalue weighted by Gasteiger charge is -2.42. The number of aromatic nitrogens is 1. The van der Waals surface area contributed by atoms with Crippen LogP contribution in [-0.2, 0) is 9.47 Å². The first-order chi connectivity index (χ1) is 14.1. The lowest BCUT2D eigenvalue weighted by molar-refractivity contribution is -0.258. The lowest BCUT2D eigenvalue weighted by Crippen LogP contribution is -2.60. The quantitative estimate of drug-likeness (QED) is 0.822. The van der Waals surface area contributed by atoms with Crippen molar-refractivity contribution in [2.24, 2.45) is 0 Å². The highest BCUT2D eigenvalue weighted by Crippen LogP contribution is 2.26. The Hall–Kier alpha value is -2.98. The van der Waals surface area contributed by atoms with E-state index in [0.717, 1.165) is 0 Å². The van der Waals surface area contributed by atoms with Crippen molar-refractivity contribution in [3.63, 3.8) is 0 Å². The van der Waals surface area contributed by atoms with Crippen molar-refractivity contribution in [2.75, 3.05) is 44.7 Å². The molecule has 0 bridgehead atoms. The Labute approximate surface area is 166 Å². The van der Waals surface area contributed by atoms with Crippen LogP contribution in [0.25, 0.3) is 0 Å². The van der Waals surface area contributed by atoms with Crippen LogP contribution in [0.3, 0.4) is 0 Å². The monoisotopic (exact) mass is 404 g/mol. The minimum absolute atomic E-state index is 0.0990. The van der Waals surface area contributed by atoms with Gasteiger partial charge < -0.3 is 29.0 Å². The number of amides is 3. The zero-order chi connectivity index (χ0) is 20.3. The molecule has 2 aliphatic heterocycles. The standard InChI is InChI=1S/C19H21FN4O5/c20-14-4-1-2-5-15(14)22-18(26)24-7-9-29-19(12-24)11-23(6-3-8-28-19)17(25)16-10-21-13-27-16/h1-2,4-5,10,13H,3,6-9,11-12H2,(H,22,26). The largest absolute Gasteiger partial charge is 0.438 e. The van der Waals surface area contributed by atoms with Gasteiger partial charge in [0.25, 0.3) is 5.91 Å². The Morgan fingerprint density at radius 1 is 1.10 bits per heavy atom. The van der Waals surface area contributed by atoms with Crippen LogP contribution < -0.4 is 5.32 Å². The van der Waals surface area contributed by atoms with Crippen molar-refractivity contribution in [3.05, 3.63) is 48.4 Å². The number of nitrogens with zero attached hydrogens (tertiary/aromatic N) is 3. The smallest absolute Gasteiger partial charge is 0.322 e. The predicted octanol–water partition coefficient (Wildman–Crippen LogP) is 1.94. The molecular weight excluding hydrogens is 383 g/mol. The summed E-state index contributed by atoms with van der Waals surface area (Å²) in [7, 11) is 0. The first-order valence-corrected chi connectivity index (χ1v) is 9.32. The van der Waals surface area contributed by atoms with E-state index in [1.165, 1.54) is 29.6 Å². The second kappa shape index (κ2) is 8.18. The molecule has 10 heteroatoms. The summed E-state index contributed by atoms with van der Waals surface area (Å²) < 4.78 is 30.8. The number of rotatable bonds is 2. The Morgan fingerprint density at radius 3 is 2.69 bits per heavy atom. The maximum Gasteiger partial charge on any atom is 0.322 e. The zero-order valence-corrected chi connectivity index (χ0v) is 15.7. The Morgan fingerprint density at radius 2 is 1.90 bits per heavy atom. The molecule has 154 valence electrons. The van der Waals surface area contributed by atoms with Gasteiger partial charge in [-0.3, -0.25) is 4.79 Å². The molecule has 0 saturated carbocycles. The van der Waals surface area contributed by atoms with Gasteiger partial charge in [0.1, 0.15) is 5.82 Å². The number of carbonyl (C=O) groups excluding carboxylic acids is 2. The summed E-state index contributed by atoms with van der Waals surface area (Å²) in [5.74, 6) is -1.86. The molecule has 1 unspecified atom stereocenters. The molecule has 9 nitrogen and oxygen atoms in total. The molecule has 2 aliphatic rings. The Kier molecular flexibility index (Phi) is 5.45. The van der Waals surface area contributed by atoms with Gasteiger partial charge >= 0.3 is 6.03 Å². The van der Waals surface area contributed by atoms with Crippen molar-refractivity contribution in [1.29, 1.82) is 0 Å². The molecule has 2 aromatic rings.